The Hall–Kier alpha value is -2.01. The number of ether oxygens (including phenoxy) is 1. The van der Waals surface area contributed by atoms with Gasteiger partial charge in [0.05, 0.1) is 18.5 Å². The molecule has 104 valence electrons. The third-order valence-electron chi connectivity index (χ3n) is 3.14. The van der Waals surface area contributed by atoms with Gasteiger partial charge in [0.15, 0.2) is 5.82 Å². The van der Waals surface area contributed by atoms with E-state index < -0.39 is 0 Å². The van der Waals surface area contributed by atoms with Gasteiger partial charge in [-0.25, -0.2) is 4.98 Å². The van der Waals surface area contributed by atoms with Crippen molar-refractivity contribution in [2.75, 3.05) is 30.4 Å². The molecule has 0 bridgehead atoms. The fraction of sp³-hybridized carbons (Fsp3) is 0.286. The molecule has 0 saturated heterocycles. The van der Waals surface area contributed by atoms with Gasteiger partial charge in [-0.1, -0.05) is 23.7 Å². The molecular weight excluding hydrogens is 276 g/mol. The number of aromatic nitrogens is 2. The fourth-order valence-corrected chi connectivity index (χ4v) is 2.41. The number of hydrogen-bond donors (Lipinski definition) is 1. The number of hydrogen-bond acceptors (Lipinski definition) is 5. The van der Waals surface area contributed by atoms with Gasteiger partial charge < -0.3 is 15.0 Å². The minimum atomic E-state index is 0.528. The summed E-state index contributed by atoms with van der Waals surface area (Å²) in [5, 5.41) is 3.46. The van der Waals surface area contributed by atoms with Crippen LogP contribution in [-0.2, 0) is 0 Å². The van der Waals surface area contributed by atoms with Crippen molar-refractivity contribution in [3.05, 3.63) is 35.5 Å². The van der Waals surface area contributed by atoms with E-state index in [2.05, 4.69) is 20.2 Å². The summed E-state index contributed by atoms with van der Waals surface area (Å²) >= 11 is 6.27. The lowest BCUT2D eigenvalue weighted by atomic mass is 10.2. The Morgan fingerprint density at radius 3 is 3.05 bits per heavy atom. The zero-order valence-corrected chi connectivity index (χ0v) is 11.9. The Bertz CT molecular complexity index is 620. The van der Waals surface area contributed by atoms with Crippen molar-refractivity contribution in [2.24, 2.45) is 0 Å². The summed E-state index contributed by atoms with van der Waals surface area (Å²) in [6, 6.07) is 7.91. The lowest BCUT2D eigenvalue weighted by Crippen LogP contribution is -2.20. The first-order valence-corrected chi connectivity index (χ1v) is 6.87. The Morgan fingerprint density at radius 2 is 2.20 bits per heavy atom. The van der Waals surface area contributed by atoms with Crippen LogP contribution >= 0.6 is 11.6 Å². The van der Waals surface area contributed by atoms with E-state index in [1.807, 2.05) is 24.3 Å². The Kier molecular flexibility index (Phi) is 3.60. The molecule has 1 N–H and O–H groups in total. The minimum absolute atomic E-state index is 0.528. The maximum absolute atomic E-state index is 6.27. The molecule has 0 amide bonds. The molecule has 2 aromatic rings. The second kappa shape index (κ2) is 5.54. The number of anilines is 3. The van der Waals surface area contributed by atoms with Gasteiger partial charge >= 0.3 is 0 Å². The van der Waals surface area contributed by atoms with Crippen molar-refractivity contribution in [1.82, 2.24) is 9.97 Å². The molecule has 5 nitrogen and oxygen atoms in total. The number of halogens is 1. The summed E-state index contributed by atoms with van der Waals surface area (Å²) < 4.78 is 5.75. The summed E-state index contributed by atoms with van der Waals surface area (Å²) in [5.41, 5.74) is 0.979. The van der Waals surface area contributed by atoms with Gasteiger partial charge in [0, 0.05) is 13.6 Å². The topological polar surface area (TPSA) is 50.3 Å². The van der Waals surface area contributed by atoms with E-state index in [0.717, 1.165) is 24.4 Å². The maximum Gasteiger partial charge on any atom is 0.224 e. The van der Waals surface area contributed by atoms with E-state index in [1.165, 1.54) is 0 Å². The van der Waals surface area contributed by atoms with E-state index in [0.29, 0.717) is 23.4 Å². The first kappa shape index (κ1) is 13.0. The molecule has 3 rings (SSSR count). The average molecular weight is 291 g/mol. The first-order chi connectivity index (χ1) is 9.79. The van der Waals surface area contributed by atoms with Crippen molar-refractivity contribution in [2.45, 2.75) is 6.42 Å². The molecule has 0 spiro atoms. The molecule has 1 aromatic heterocycles. The van der Waals surface area contributed by atoms with Crippen LogP contribution in [0.25, 0.3) is 0 Å². The van der Waals surface area contributed by atoms with Crippen LogP contribution in [0, 0.1) is 0 Å². The summed E-state index contributed by atoms with van der Waals surface area (Å²) in [6.07, 6.45) is 2.52. The van der Waals surface area contributed by atoms with E-state index in [4.69, 9.17) is 16.3 Å². The molecule has 0 atom stereocenters. The predicted molar refractivity (Wildman–Crippen MR) is 80.1 cm³/mol. The number of para-hydroxylation sites is 2. The van der Waals surface area contributed by atoms with Gasteiger partial charge in [-0.15, -0.1) is 0 Å². The van der Waals surface area contributed by atoms with E-state index in [-0.39, 0.29) is 0 Å². The standard InChI is InChI=1S/C14H15ClN4O/c1-16-14-17-9-10(15)13(18-14)19-7-4-8-20-12-6-3-2-5-11(12)19/h2-3,5-6,9H,4,7-8H2,1H3,(H,16,17,18). The quantitative estimate of drug-likeness (QED) is 0.921. The second-order valence-electron chi connectivity index (χ2n) is 4.44. The molecule has 1 aliphatic rings. The summed E-state index contributed by atoms with van der Waals surface area (Å²) in [4.78, 5) is 10.7. The Labute approximate surface area is 122 Å². The van der Waals surface area contributed by atoms with Crippen LogP contribution in [0.4, 0.5) is 17.5 Å². The minimum Gasteiger partial charge on any atom is -0.491 e. The highest BCUT2D eigenvalue weighted by molar-refractivity contribution is 6.33. The van der Waals surface area contributed by atoms with Crippen molar-refractivity contribution >= 4 is 29.1 Å². The number of benzene rings is 1. The van der Waals surface area contributed by atoms with E-state index in [1.54, 1.807) is 13.2 Å². The van der Waals surface area contributed by atoms with Crippen molar-refractivity contribution in [1.29, 1.82) is 0 Å². The molecule has 1 aromatic carbocycles. The lowest BCUT2D eigenvalue weighted by molar-refractivity contribution is 0.322. The highest BCUT2D eigenvalue weighted by Crippen LogP contribution is 2.37. The SMILES string of the molecule is CNc1ncc(Cl)c(N2CCCOc3ccccc32)n1. The van der Waals surface area contributed by atoms with Crippen molar-refractivity contribution in [3.63, 3.8) is 0 Å². The monoisotopic (exact) mass is 290 g/mol. The molecule has 0 aliphatic carbocycles. The molecule has 20 heavy (non-hydrogen) atoms. The van der Waals surface area contributed by atoms with Crippen LogP contribution in [0.15, 0.2) is 30.5 Å². The third-order valence-corrected chi connectivity index (χ3v) is 3.41. The molecule has 1 aliphatic heterocycles. The number of fused-ring (bicyclic) bond motifs is 1. The molecule has 0 unspecified atom stereocenters. The van der Waals surface area contributed by atoms with Gasteiger partial charge in [0.1, 0.15) is 10.8 Å². The third kappa shape index (κ3) is 2.36. The van der Waals surface area contributed by atoms with Crippen LogP contribution in [0.2, 0.25) is 5.02 Å². The van der Waals surface area contributed by atoms with Crippen LogP contribution in [0.3, 0.4) is 0 Å². The Morgan fingerprint density at radius 1 is 1.35 bits per heavy atom. The highest BCUT2D eigenvalue weighted by Gasteiger charge is 2.21. The van der Waals surface area contributed by atoms with Gasteiger partial charge in [-0.2, -0.15) is 4.98 Å². The first-order valence-electron chi connectivity index (χ1n) is 6.49. The normalized spacial score (nSPS) is 14.2. The molecular formula is C14H15ClN4O. The molecule has 0 radical (unpaired) electrons. The number of nitrogens with one attached hydrogen (secondary N) is 1. The van der Waals surface area contributed by atoms with Crippen LogP contribution in [0.1, 0.15) is 6.42 Å². The zero-order valence-electron chi connectivity index (χ0n) is 11.1. The number of nitrogens with zero attached hydrogens (tertiary/aromatic N) is 3. The predicted octanol–water partition coefficient (Wildman–Crippen LogP) is 3.09. The van der Waals surface area contributed by atoms with Crippen molar-refractivity contribution < 1.29 is 4.74 Å². The lowest BCUT2D eigenvalue weighted by Gasteiger charge is -2.23. The zero-order chi connectivity index (χ0) is 13.9. The molecule has 0 fully saturated rings. The van der Waals surface area contributed by atoms with Gasteiger partial charge in [0.2, 0.25) is 5.95 Å². The molecule has 2 heterocycles. The largest absolute Gasteiger partial charge is 0.491 e. The van der Waals surface area contributed by atoms with Gasteiger partial charge in [-0.05, 0) is 18.6 Å². The molecule has 6 heteroatoms. The fourth-order valence-electron chi connectivity index (χ4n) is 2.22. The van der Waals surface area contributed by atoms with Crippen LogP contribution in [-0.4, -0.2) is 30.2 Å². The highest BCUT2D eigenvalue weighted by atomic mass is 35.5. The summed E-state index contributed by atoms with van der Waals surface area (Å²) in [7, 11) is 1.78. The molecule has 0 saturated carbocycles. The Balaban J connectivity index is 2.09. The van der Waals surface area contributed by atoms with Crippen LogP contribution < -0.4 is 15.0 Å². The van der Waals surface area contributed by atoms with Gasteiger partial charge in [-0.3, -0.25) is 0 Å². The van der Waals surface area contributed by atoms with Crippen molar-refractivity contribution in [3.8, 4) is 5.75 Å². The second-order valence-corrected chi connectivity index (χ2v) is 4.84. The van der Waals surface area contributed by atoms with E-state index >= 15 is 0 Å². The van der Waals surface area contributed by atoms with Gasteiger partial charge in [0.25, 0.3) is 0 Å². The number of rotatable bonds is 2. The summed E-state index contributed by atoms with van der Waals surface area (Å²) in [6.45, 7) is 1.49. The smallest absolute Gasteiger partial charge is 0.224 e. The van der Waals surface area contributed by atoms with E-state index in [9.17, 15) is 0 Å². The summed E-state index contributed by atoms with van der Waals surface area (Å²) in [5.74, 6) is 2.10. The average Bonchev–Trinajstić information content (AvgIpc) is 2.70. The maximum atomic E-state index is 6.27. The van der Waals surface area contributed by atoms with Crippen LogP contribution in [0.5, 0.6) is 5.75 Å².